The molecule has 0 amide bonds. The van der Waals surface area contributed by atoms with Gasteiger partial charge in [-0.15, -0.1) is 0 Å². The van der Waals surface area contributed by atoms with Crippen LogP contribution in [0.4, 0.5) is 0 Å². The van der Waals surface area contributed by atoms with Crippen LogP contribution in [-0.4, -0.2) is 16.3 Å². The van der Waals surface area contributed by atoms with Gasteiger partial charge < -0.3 is 9.73 Å². The number of aryl methyl sites for hydroxylation is 2. The van der Waals surface area contributed by atoms with Gasteiger partial charge in [0.25, 0.3) is 0 Å². The molecule has 2 rings (SSSR count). The zero-order chi connectivity index (χ0) is 13.8. The predicted octanol–water partition coefficient (Wildman–Crippen LogP) is 2.89. The predicted molar refractivity (Wildman–Crippen MR) is 76.1 cm³/mol. The molecule has 4 nitrogen and oxygen atoms in total. The van der Waals surface area contributed by atoms with Crippen LogP contribution in [-0.2, 0) is 13.1 Å². The lowest BCUT2D eigenvalue weighted by Gasteiger charge is -2.05. The molecule has 4 heteroatoms. The van der Waals surface area contributed by atoms with Gasteiger partial charge >= 0.3 is 0 Å². The first kappa shape index (κ1) is 13.9. The van der Waals surface area contributed by atoms with Crippen LogP contribution in [0.5, 0.6) is 0 Å². The van der Waals surface area contributed by atoms with Crippen molar-refractivity contribution >= 4 is 0 Å². The Morgan fingerprint density at radius 2 is 2.00 bits per heavy atom. The van der Waals surface area contributed by atoms with Crippen LogP contribution in [0.1, 0.15) is 36.8 Å². The molecular formula is C15H23N3O. The molecule has 0 saturated carbocycles. The highest BCUT2D eigenvalue weighted by Gasteiger charge is 2.06. The molecule has 0 atom stereocenters. The Bertz CT molecular complexity index is 525. The molecule has 0 unspecified atom stereocenters. The topological polar surface area (TPSA) is 43.0 Å². The van der Waals surface area contributed by atoms with Gasteiger partial charge in [-0.05, 0) is 44.5 Å². The van der Waals surface area contributed by atoms with Gasteiger partial charge in [0.2, 0.25) is 0 Å². The summed E-state index contributed by atoms with van der Waals surface area (Å²) in [6.07, 6.45) is 0. The van der Waals surface area contributed by atoms with Crippen LogP contribution in [0.15, 0.2) is 22.6 Å². The molecule has 0 aromatic carbocycles. The summed E-state index contributed by atoms with van der Waals surface area (Å²) in [5.74, 6) is 2.59. The first-order valence-corrected chi connectivity index (χ1v) is 6.84. The summed E-state index contributed by atoms with van der Waals surface area (Å²) in [7, 11) is 0. The lowest BCUT2D eigenvalue weighted by Crippen LogP contribution is -2.18. The standard InChI is InChI=1S/C15H23N3O/c1-11(2)8-16-9-14-5-6-15(19-14)10-18-13(4)7-12(3)17-18/h5-7,11,16H,8-10H2,1-4H3. The Kier molecular flexibility index (Phi) is 4.43. The molecule has 0 spiro atoms. The van der Waals surface area contributed by atoms with Crippen LogP contribution in [0.3, 0.4) is 0 Å². The van der Waals surface area contributed by atoms with Crippen molar-refractivity contribution in [3.05, 3.63) is 41.1 Å². The minimum Gasteiger partial charge on any atom is -0.463 e. The van der Waals surface area contributed by atoms with E-state index in [0.717, 1.165) is 36.0 Å². The molecule has 2 aromatic rings. The number of aromatic nitrogens is 2. The Balaban J connectivity index is 1.92. The average molecular weight is 261 g/mol. The number of furan rings is 1. The SMILES string of the molecule is Cc1cc(C)n(Cc2ccc(CNCC(C)C)o2)n1. The molecule has 0 radical (unpaired) electrons. The van der Waals surface area contributed by atoms with Gasteiger partial charge in [-0.2, -0.15) is 5.10 Å². The molecule has 19 heavy (non-hydrogen) atoms. The van der Waals surface area contributed by atoms with Crippen LogP contribution in [0.2, 0.25) is 0 Å². The molecule has 0 aliphatic carbocycles. The summed E-state index contributed by atoms with van der Waals surface area (Å²) >= 11 is 0. The fraction of sp³-hybridized carbons (Fsp3) is 0.533. The minimum absolute atomic E-state index is 0.657. The lowest BCUT2D eigenvalue weighted by molar-refractivity contribution is 0.421. The van der Waals surface area contributed by atoms with Crippen LogP contribution < -0.4 is 5.32 Å². The largest absolute Gasteiger partial charge is 0.463 e. The molecule has 0 bridgehead atoms. The fourth-order valence-corrected chi connectivity index (χ4v) is 2.07. The van der Waals surface area contributed by atoms with Crippen LogP contribution in [0.25, 0.3) is 0 Å². The second-order valence-corrected chi connectivity index (χ2v) is 5.48. The summed E-state index contributed by atoms with van der Waals surface area (Å²) < 4.78 is 7.78. The highest BCUT2D eigenvalue weighted by atomic mass is 16.3. The number of rotatable bonds is 6. The van der Waals surface area contributed by atoms with Gasteiger partial charge in [0.05, 0.1) is 18.8 Å². The summed E-state index contributed by atoms with van der Waals surface area (Å²) in [5.41, 5.74) is 2.20. The quantitative estimate of drug-likeness (QED) is 0.869. The summed E-state index contributed by atoms with van der Waals surface area (Å²) in [5, 5.41) is 7.82. The van der Waals surface area contributed by atoms with Gasteiger partial charge in [0.15, 0.2) is 0 Å². The first-order chi connectivity index (χ1) is 9.04. The lowest BCUT2D eigenvalue weighted by atomic mass is 10.2. The van der Waals surface area contributed by atoms with E-state index in [1.807, 2.05) is 23.7 Å². The van der Waals surface area contributed by atoms with E-state index in [2.05, 4.69) is 37.3 Å². The van der Waals surface area contributed by atoms with Crippen molar-refractivity contribution in [3.63, 3.8) is 0 Å². The molecule has 2 aromatic heterocycles. The normalized spacial score (nSPS) is 11.4. The van der Waals surface area contributed by atoms with E-state index in [4.69, 9.17) is 4.42 Å². The zero-order valence-corrected chi connectivity index (χ0v) is 12.2. The highest BCUT2D eigenvalue weighted by molar-refractivity contribution is 5.11. The first-order valence-electron chi connectivity index (χ1n) is 6.84. The van der Waals surface area contributed by atoms with Crippen molar-refractivity contribution < 1.29 is 4.42 Å². The number of nitrogens with one attached hydrogen (secondary N) is 1. The van der Waals surface area contributed by atoms with E-state index >= 15 is 0 Å². The van der Waals surface area contributed by atoms with Crippen molar-refractivity contribution in [1.82, 2.24) is 15.1 Å². The Hall–Kier alpha value is -1.55. The monoisotopic (exact) mass is 261 g/mol. The van der Waals surface area contributed by atoms with Crippen molar-refractivity contribution in [2.24, 2.45) is 5.92 Å². The van der Waals surface area contributed by atoms with Crippen LogP contribution >= 0.6 is 0 Å². The summed E-state index contributed by atoms with van der Waals surface area (Å²) in [6, 6.07) is 6.14. The average Bonchev–Trinajstić information content (AvgIpc) is 2.87. The Morgan fingerprint density at radius 3 is 2.63 bits per heavy atom. The molecular weight excluding hydrogens is 238 g/mol. The van der Waals surface area contributed by atoms with Crippen molar-refractivity contribution in [1.29, 1.82) is 0 Å². The van der Waals surface area contributed by atoms with E-state index in [0.29, 0.717) is 12.5 Å². The van der Waals surface area contributed by atoms with E-state index in [9.17, 15) is 0 Å². The van der Waals surface area contributed by atoms with E-state index < -0.39 is 0 Å². The Labute approximate surface area is 114 Å². The van der Waals surface area contributed by atoms with Crippen LogP contribution in [0, 0.1) is 19.8 Å². The maximum Gasteiger partial charge on any atom is 0.125 e. The third-order valence-corrected chi connectivity index (χ3v) is 2.98. The van der Waals surface area contributed by atoms with Crippen molar-refractivity contribution in [2.45, 2.75) is 40.8 Å². The molecule has 104 valence electrons. The maximum absolute atomic E-state index is 5.81. The van der Waals surface area contributed by atoms with Gasteiger partial charge in [0, 0.05) is 5.69 Å². The van der Waals surface area contributed by atoms with E-state index in [-0.39, 0.29) is 0 Å². The second kappa shape index (κ2) is 6.06. The van der Waals surface area contributed by atoms with Gasteiger partial charge in [0.1, 0.15) is 11.5 Å². The number of nitrogens with zero attached hydrogens (tertiary/aromatic N) is 2. The molecule has 0 fully saturated rings. The third kappa shape index (κ3) is 3.96. The van der Waals surface area contributed by atoms with Crippen molar-refractivity contribution in [2.75, 3.05) is 6.54 Å². The van der Waals surface area contributed by atoms with Gasteiger partial charge in [-0.3, -0.25) is 4.68 Å². The number of hydrogen-bond donors (Lipinski definition) is 1. The molecule has 0 saturated heterocycles. The van der Waals surface area contributed by atoms with Gasteiger partial charge in [-0.25, -0.2) is 0 Å². The zero-order valence-electron chi connectivity index (χ0n) is 12.2. The third-order valence-electron chi connectivity index (χ3n) is 2.98. The van der Waals surface area contributed by atoms with E-state index in [1.54, 1.807) is 0 Å². The van der Waals surface area contributed by atoms with Gasteiger partial charge in [-0.1, -0.05) is 13.8 Å². The summed E-state index contributed by atoms with van der Waals surface area (Å²) in [6.45, 7) is 11.0. The second-order valence-electron chi connectivity index (χ2n) is 5.48. The molecule has 0 aliphatic heterocycles. The molecule has 2 heterocycles. The molecule has 0 aliphatic rings. The Morgan fingerprint density at radius 1 is 1.26 bits per heavy atom. The minimum atomic E-state index is 0.657. The fourth-order valence-electron chi connectivity index (χ4n) is 2.07. The molecule has 1 N–H and O–H groups in total. The van der Waals surface area contributed by atoms with E-state index in [1.165, 1.54) is 0 Å². The highest BCUT2D eigenvalue weighted by Crippen LogP contribution is 2.11. The summed E-state index contributed by atoms with van der Waals surface area (Å²) in [4.78, 5) is 0. The van der Waals surface area contributed by atoms with Crippen molar-refractivity contribution in [3.8, 4) is 0 Å². The smallest absolute Gasteiger partial charge is 0.125 e. The number of hydrogen-bond acceptors (Lipinski definition) is 3. The maximum atomic E-state index is 5.81.